The average molecular weight is 340 g/mol. The van der Waals surface area contributed by atoms with E-state index in [0.29, 0.717) is 4.47 Å². The highest BCUT2D eigenvalue weighted by molar-refractivity contribution is 9.10. The van der Waals surface area contributed by atoms with Gasteiger partial charge in [0.05, 0.1) is 17.7 Å². The van der Waals surface area contributed by atoms with Crippen LogP contribution in [0.5, 0.6) is 0 Å². The van der Waals surface area contributed by atoms with Crippen LogP contribution >= 0.6 is 15.9 Å². The second kappa shape index (κ2) is 5.46. The van der Waals surface area contributed by atoms with Gasteiger partial charge < -0.3 is 14.8 Å². The molecule has 0 spiro atoms. The van der Waals surface area contributed by atoms with Gasteiger partial charge in [-0.15, -0.1) is 0 Å². The molecule has 0 fully saturated rings. The first-order chi connectivity index (χ1) is 9.45. The predicted octanol–water partition coefficient (Wildman–Crippen LogP) is 2.17. The first-order valence-electron chi connectivity index (χ1n) is 5.71. The molecule has 7 heteroatoms. The Balaban J connectivity index is 2.77. The Kier molecular flexibility index (Phi) is 3.89. The Morgan fingerprint density at radius 2 is 2.05 bits per heavy atom. The summed E-state index contributed by atoms with van der Waals surface area (Å²) < 4.78 is 5.22. The van der Waals surface area contributed by atoms with Crippen molar-refractivity contribution in [2.45, 2.75) is 6.92 Å². The third-order valence-electron chi connectivity index (χ3n) is 2.68. The standard InChI is InChI=1S/C13H10BrNO5/c1-2-20-13(19)9-5-15-10-7(11(9)16)3-6(14)4-8(10)12(17)18/h3-5H,2H2,1H3,(H,15,16)(H,17,18). The van der Waals surface area contributed by atoms with Crippen LogP contribution in [0, 0.1) is 0 Å². The first kappa shape index (κ1) is 14.3. The van der Waals surface area contributed by atoms with Crippen molar-refractivity contribution in [1.29, 1.82) is 0 Å². The van der Waals surface area contributed by atoms with Crippen molar-refractivity contribution in [3.05, 3.63) is 44.2 Å². The Morgan fingerprint density at radius 3 is 2.65 bits per heavy atom. The minimum atomic E-state index is -1.17. The van der Waals surface area contributed by atoms with Crippen molar-refractivity contribution in [3.63, 3.8) is 0 Å². The molecule has 0 unspecified atom stereocenters. The molecule has 20 heavy (non-hydrogen) atoms. The van der Waals surface area contributed by atoms with Gasteiger partial charge in [-0.25, -0.2) is 9.59 Å². The summed E-state index contributed by atoms with van der Waals surface area (Å²) in [4.78, 5) is 37.7. The number of aromatic nitrogens is 1. The van der Waals surface area contributed by atoms with Gasteiger partial charge in [0.1, 0.15) is 5.56 Å². The van der Waals surface area contributed by atoms with Crippen molar-refractivity contribution >= 4 is 38.8 Å². The maximum absolute atomic E-state index is 12.2. The van der Waals surface area contributed by atoms with Gasteiger partial charge >= 0.3 is 11.9 Å². The summed E-state index contributed by atoms with van der Waals surface area (Å²) in [7, 11) is 0. The number of ether oxygens (including phenoxy) is 1. The number of carbonyl (C=O) groups is 2. The zero-order valence-corrected chi connectivity index (χ0v) is 12.0. The summed E-state index contributed by atoms with van der Waals surface area (Å²) in [5.74, 6) is -1.91. The van der Waals surface area contributed by atoms with Crippen LogP contribution in [0.2, 0.25) is 0 Å². The van der Waals surface area contributed by atoms with E-state index in [2.05, 4.69) is 20.9 Å². The molecule has 0 aliphatic carbocycles. The lowest BCUT2D eigenvalue weighted by atomic mass is 10.1. The molecular weight excluding hydrogens is 330 g/mol. The number of benzene rings is 1. The van der Waals surface area contributed by atoms with E-state index in [9.17, 15) is 14.4 Å². The Labute approximate surface area is 121 Å². The number of esters is 1. The van der Waals surface area contributed by atoms with Crippen molar-refractivity contribution in [1.82, 2.24) is 4.98 Å². The van der Waals surface area contributed by atoms with Crippen LogP contribution in [-0.2, 0) is 4.74 Å². The number of carboxylic acid groups (broad SMARTS) is 1. The average Bonchev–Trinajstić information content (AvgIpc) is 2.39. The molecular formula is C13H10BrNO5. The van der Waals surface area contributed by atoms with Crippen molar-refractivity contribution in [2.24, 2.45) is 0 Å². The Bertz CT molecular complexity index is 765. The minimum Gasteiger partial charge on any atom is -0.478 e. The fourth-order valence-electron chi connectivity index (χ4n) is 1.83. The van der Waals surface area contributed by atoms with Crippen LogP contribution < -0.4 is 5.43 Å². The number of carboxylic acids is 1. The van der Waals surface area contributed by atoms with E-state index in [1.165, 1.54) is 18.3 Å². The van der Waals surface area contributed by atoms with Crippen LogP contribution in [0.1, 0.15) is 27.6 Å². The second-order valence-electron chi connectivity index (χ2n) is 3.93. The van der Waals surface area contributed by atoms with Crippen LogP contribution in [0.25, 0.3) is 10.9 Å². The van der Waals surface area contributed by atoms with Crippen LogP contribution in [0.4, 0.5) is 0 Å². The van der Waals surface area contributed by atoms with E-state index in [1.807, 2.05) is 0 Å². The number of carbonyl (C=O) groups excluding carboxylic acids is 1. The number of nitrogens with one attached hydrogen (secondary N) is 1. The minimum absolute atomic E-state index is 0.0538. The van der Waals surface area contributed by atoms with Gasteiger partial charge in [0.2, 0.25) is 5.43 Å². The summed E-state index contributed by atoms with van der Waals surface area (Å²) in [6.45, 7) is 1.78. The molecule has 0 saturated carbocycles. The van der Waals surface area contributed by atoms with Gasteiger partial charge in [0.25, 0.3) is 0 Å². The zero-order valence-electron chi connectivity index (χ0n) is 10.4. The molecule has 0 aliphatic rings. The highest BCUT2D eigenvalue weighted by atomic mass is 79.9. The van der Waals surface area contributed by atoms with E-state index < -0.39 is 17.4 Å². The van der Waals surface area contributed by atoms with Crippen molar-refractivity contribution in [3.8, 4) is 0 Å². The first-order valence-corrected chi connectivity index (χ1v) is 6.50. The number of hydrogen-bond acceptors (Lipinski definition) is 4. The van der Waals surface area contributed by atoms with E-state index in [4.69, 9.17) is 9.84 Å². The molecule has 0 radical (unpaired) electrons. The number of aromatic carboxylic acids is 1. The summed E-state index contributed by atoms with van der Waals surface area (Å²) in [6.07, 6.45) is 1.17. The summed E-state index contributed by atoms with van der Waals surface area (Å²) in [5, 5.41) is 9.24. The molecule has 6 nitrogen and oxygen atoms in total. The molecule has 1 heterocycles. The molecule has 2 rings (SSSR count). The second-order valence-corrected chi connectivity index (χ2v) is 4.85. The van der Waals surface area contributed by atoms with E-state index in [1.54, 1.807) is 6.92 Å². The van der Waals surface area contributed by atoms with Gasteiger partial charge in [0.15, 0.2) is 0 Å². The van der Waals surface area contributed by atoms with Crippen LogP contribution in [0.3, 0.4) is 0 Å². The van der Waals surface area contributed by atoms with Gasteiger partial charge in [0, 0.05) is 16.1 Å². The maximum atomic E-state index is 12.2. The smallest absolute Gasteiger partial charge is 0.343 e. The number of pyridine rings is 1. The third-order valence-corrected chi connectivity index (χ3v) is 3.14. The number of rotatable bonds is 3. The largest absolute Gasteiger partial charge is 0.478 e. The highest BCUT2D eigenvalue weighted by Gasteiger charge is 2.18. The molecule has 2 aromatic rings. The zero-order chi connectivity index (χ0) is 14.9. The normalized spacial score (nSPS) is 10.5. The molecule has 0 atom stereocenters. The van der Waals surface area contributed by atoms with Crippen molar-refractivity contribution < 1.29 is 19.4 Å². The molecule has 104 valence electrons. The van der Waals surface area contributed by atoms with Gasteiger partial charge in [-0.1, -0.05) is 15.9 Å². The van der Waals surface area contributed by atoms with Crippen LogP contribution in [-0.4, -0.2) is 28.6 Å². The van der Waals surface area contributed by atoms with Gasteiger partial charge in [-0.3, -0.25) is 4.79 Å². The SMILES string of the molecule is CCOC(=O)c1c[nH]c2c(C(=O)O)cc(Br)cc2c1=O. The lowest BCUT2D eigenvalue weighted by Crippen LogP contribution is -2.19. The number of H-pyrrole nitrogens is 1. The molecule has 0 saturated heterocycles. The quantitative estimate of drug-likeness (QED) is 0.835. The molecule has 0 amide bonds. The number of halogens is 1. The number of aromatic amines is 1. The Hall–Kier alpha value is -2.15. The van der Waals surface area contributed by atoms with Gasteiger partial charge in [-0.05, 0) is 19.1 Å². The molecule has 0 aliphatic heterocycles. The third kappa shape index (κ3) is 2.44. The predicted molar refractivity (Wildman–Crippen MR) is 75.2 cm³/mol. The van der Waals surface area contributed by atoms with Gasteiger partial charge in [-0.2, -0.15) is 0 Å². The summed E-state index contributed by atoms with van der Waals surface area (Å²) in [6, 6.07) is 2.84. The van der Waals surface area contributed by atoms with E-state index in [0.717, 1.165) is 0 Å². The summed E-state index contributed by atoms with van der Waals surface area (Å²) >= 11 is 3.15. The van der Waals surface area contributed by atoms with E-state index >= 15 is 0 Å². The lowest BCUT2D eigenvalue weighted by Gasteiger charge is -2.06. The lowest BCUT2D eigenvalue weighted by molar-refractivity contribution is 0.0524. The highest BCUT2D eigenvalue weighted by Crippen LogP contribution is 2.21. The van der Waals surface area contributed by atoms with Crippen molar-refractivity contribution in [2.75, 3.05) is 6.61 Å². The summed E-state index contributed by atoms with van der Waals surface area (Å²) in [5.41, 5.74) is -0.615. The monoisotopic (exact) mass is 339 g/mol. The maximum Gasteiger partial charge on any atom is 0.343 e. The number of hydrogen-bond donors (Lipinski definition) is 2. The molecule has 0 bridgehead atoms. The fraction of sp³-hybridized carbons (Fsp3) is 0.154. The Morgan fingerprint density at radius 1 is 1.35 bits per heavy atom. The van der Waals surface area contributed by atoms with E-state index in [-0.39, 0.29) is 28.6 Å². The van der Waals surface area contributed by atoms with Crippen LogP contribution in [0.15, 0.2) is 27.6 Å². The molecule has 1 aromatic heterocycles. The molecule has 1 aromatic carbocycles. The molecule has 2 N–H and O–H groups in total. The topological polar surface area (TPSA) is 96.5 Å². The number of fused-ring (bicyclic) bond motifs is 1. The fourth-order valence-corrected chi connectivity index (χ4v) is 2.28.